The number of aryl methyl sites for hydroxylation is 1. The van der Waals surface area contributed by atoms with Crippen molar-refractivity contribution in [2.24, 2.45) is 0 Å². The lowest BCUT2D eigenvalue weighted by Gasteiger charge is -2.06. The molecule has 6 nitrogen and oxygen atoms in total. The molecular weight excluding hydrogens is 296 g/mol. The molecule has 0 radical (unpaired) electrons. The van der Waals surface area contributed by atoms with Crippen molar-refractivity contribution in [2.45, 2.75) is 13.8 Å². The van der Waals surface area contributed by atoms with Gasteiger partial charge in [-0.2, -0.15) is 0 Å². The SMILES string of the molecule is CC(=O)Nc1nc(C)c(-c2csc(C(=O)N(C)C)n2)s1. The summed E-state index contributed by atoms with van der Waals surface area (Å²) in [6, 6.07) is 0. The van der Waals surface area contributed by atoms with Gasteiger partial charge >= 0.3 is 0 Å². The van der Waals surface area contributed by atoms with Crippen LogP contribution in [0.3, 0.4) is 0 Å². The van der Waals surface area contributed by atoms with Crippen molar-refractivity contribution in [2.75, 3.05) is 19.4 Å². The first kappa shape index (κ1) is 14.6. The maximum Gasteiger partial charge on any atom is 0.282 e. The molecule has 2 rings (SSSR count). The first-order chi connectivity index (χ1) is 9.38. The number of aromatic nitrogens is 2. The Bertz CT molecular complexity index is 660. The summed E-state index contributed by atoms with van der Waals surface area (Å²) in [6.07, 6.45) is 0. The Morgan fingerprint density at radius 3 is 2.60 bits per heavy atom. The van der Waals surface area contributed by atoms with Crippen LogP contribution < -0.4 is 5.32 Å². The van der Waals surface area contributed by atoms with E-state index in [1.54, 1.807) is 14.1 Å². The van der Waals surface area contributed by atoms with Crippen LogP contribution in [0.2, 0.25) is 0 Å². The Balaban J connectivity index is 2.30. The molecule has 0 aliphatic heterocycles. The second-order valence-corrected chi connectivity index (χ2v) is 6.21. The molecule has 0 bridgehead atoms. The number of carbonyl (C=O) groups is 2. The third kappa shape index (κ3) is 3.02. The van der Waals surface area contributed by atoms with Crippen LogP contribution in [0.1, 0.15) is 22.4 Å². The molecule has 0 aromatic carbocycles. The summed E-state index contributed by atoms with van der Waals surface area (Å²) >= 11 is 2.65. The molecule has 0 aliphatic rings. The number of nitrogens with zero attached hydrogens (tertiary/aromatic N) is 3. The second-order valence-electron chi connectivity index (χ2n) is 4.35. The molecule has 2 heterocycles. The van der Waals surface area contributed by atoms with Crippen molar-refractivity contribution in [3.05, 3.63) is 16.1 Å². The number of thiazole rings is 2. The predicted octanol–water partition coefficient (Wildman–Crippen LogP) is 2.24. The van der Waals surface area contributed by atoms with Gasteiger partial charge in [-0.3, -0.25) is 9.59 Å². The quantitative estimate of drug-likeness (QED) is 0.943. The number of anilines is 1. The summed E-state index contributed by atoms with van der Waals surface area (Å²) in [5.74, 6) is -0.280. The highest BCUT2D eigenvalue weighted by molar-refractivity contribution is 7.19. The van der Waals surface area contributed by atoms with Crippen LogP contribution in [0.5, 0.6) is 0 Å². The zero-order valence-corrected chi connectivity index (χ0v) is 13.2. The lowest BCUT2D eigenvalue weighted by molar-refractivity contribution is -0.114. The van der Waals surface area contributed by atoms with Crippen molar-refractivity contribution < 1.29 is 9.59 Å². The van der Waals surface area contributed by atoms with E-state index in [4.69, 9.17) is 0 Å². The maximum atomic E-state index is 11.8. The van der Waals surface area contributed by atoms with Crippen molar-refractivity contribution in [3.63, 3.8) is 0 Å². The second kappa shape index (κ2) is 5.68. The molecule has 0 saturated heterocycles. The van der Waals surface area contributed by atoms with Gasteiger partial charge < -0.3 is 10.2 Å². The van der Waals surface area contributed by atoms with E-state index in [0.717, 1.165) is 10.6 Å². The fourth-order valence-electron chi connectivity index (χ4n) is 1.51. The predicted molar refractivity (Wildman–Crippen MR) is 80.3 cm³/mol. The molecule has 0 saturated carbocycles. The van der Waals surface area contributed by atoms with E-state index < -0.39 is 0 Å². The number of hydrogen-bond donors (Lipinski definition) is 1. The van der Waals surface area contributed by atoms with Gasteiger partial charge in [-0.15, -0.1) is 11.3 Å². The van der Waals surface area contributed by atoms with Crippen molar-refractivity contribution in [3.8, 4) is 10.6 Å². The average molecular weight is 310 g/mol. The molecule has 0 spiro atoms. The largest absolute Gasteiger partial charge is 0.343 e. The topological polar surface area (TPSA) is 75.2 Å². The van der Waals surface area contributed by atoms with E-state index in [1.165, 1.54) is 34.5 Å². The minimum absolute atomic E-state index is 0.120. The van der Waals surface area contributed by atoms with E-state index in [9.17, 15) is 9.59 Å². The minimum Gasteiger partial charge on any atom is -0.343 e. The monoisotopic (exact) mass is 310 g/mol. The van der Waals surface area contributed by atoms with Crippen molar-refractivity contribution in [1.82, 2.24) is 14.9 Å². The van der Waals surface area contributed by atoms with Crippen LogP contribution in [-0.4, -0.2) is 40.8 Å². The smallest absolute Gasteiger partial charge is 0.282 e. The Morgan fingerprint density at radius 2 is 2.00 bits per heavy atom. The van der Waals surface area contributed by atoms with Gasteiger partial charge in [0.1, 0.15) is 0 Å². The van der Waals surface area contributed by atoms with Gasteiger partial charge in [0.25, 0.3) is 5.91 Å². The number of carbonyl (C=O) groups excluding carboxylic acids is 2. The van der Waals surface area contributed by atoms with Crippen LogP contribution in [-0.2, 0) is 4.79 Å². The highest BCUT2D eigenvalue weighted by Crippen LogP contribution is 2.33. The molecular formula is C12H14N4O2S2. The molecule has 0 fully saturated rings. The summed E-state index contributed by atoms with van der Waals surface area (Å²) in [6.45, 7) is 3.29. The van der Waals surface area contributed by atoms with Crippen LogP contribution >= 0.6 is 22.7 Å². The molecule has 20 heavy (non-hydrogen) atoms. The molecule has 2 amide bonds. The standard InChI is InChI=1S/C12H14N4O2S2/c1-6-9(20-12(13-6)14-7(2)17)8-5-19-10(15-8)11(18)16(3)4/h5H,1-4H3,(H,13,14,17). The van der Waals surface area contributed by atoms with E-state index in [0.29, 0.717) is 15.8 Å². The first-order valence-electron chi connectivity index (χ1n) is 5.81. The zero-order valence-electron chi connectivity index (χ0n) is 11.6. The number of rotatable bonds is 3. The summed E-state index contributed by atoms with van der Waals surface area (Å²) in [4.78, 5) is 33.8. The highest BCUT2D eigenvalue weighted by atomic mass is 32.1. The van der Waals surface area contributed by atoms with Gasteiger partial charge in [0.2, 0.25) is 5.91 Å². The third-order valence-corrected chi connectivity index (χ3v) is 4.33. The van der Waals surface area contributed by atoms with Crippen LogP contribution in [0.25, 0.3) is 10.6 Å². The first-order valence-corrected chi connectivity index (χ1v) is 7.50. The molecule has 2 aromatic heterocycles. The van der Waals surface area contributed by atoms with Gasteiger partial charge in [0.05, 0.1) is 16.3 Å². The van der Waals surface area contributed by atoms with E-state index in [-0.39, 0.29) is 11.8 Å². The maximum absolute atomic E-state index is 11.8. The van der Waals surface area contributed by atoms with Gasteiger partial charge in [-0.25, -0.2) is 9.97 Å². The van der Waals surface area contributed by atoms with Crippen LogP contribution in [0.15, 0.2) is 5.38 Å². The van der Waals surface area contributed by atoms with Gasteiger partial charge in [0.15, 0.2) is 10.1 Å². The van der Waals surface area contributed by atoms with E-state index in [2.05, 4.69) is 15.3 Å². The Morgan fingerprint density at radius 1 is 1.30 bits per heavy atom. The molecule has 0 unspecified atom stereocenters. The molecule has 0 aliphatic carbocycles. The molecule has 106 valence electrons. The van der Waals surface area contributed by atoms with Crippen molar-refractivity contribution >= 4 is 39.6 Å². The molecule has 1 N–H and O–H groups in total. The van der Waals surface area contributed by atoms with Gasteiger partial charge in [0, 0.05) is 26.4 Å². The lowest BCUT2D eigenvalue weighted by Crippen LogP contribution is -2.21. The van der Waals surface area contributed by atoms with Gasteiger partial charge in [-0.1, -0.05) is 11.3 Å². The van der Waals surface area contributed by atoms with Crippen LogP contribution in [0.4, 0.5) is 5.13 Å². The average Bonchev–Trinajstić information content (AvgIpc) is 2.94. The Labute approximate surface area is 124 Å². The Hall–Kier alpha value is -1.80. The molecule has 8 heteroatoms. The fraction of sp³-hybridized carbons (Fsp3) is 0.333. The molecule has 2 aromatic rings. The number of hydrogen-bond acceptors (Lipinski definition) is 6. The summed E-state index contributed by atoms with van der Waals surface area (Å²) in [5, 5.41) is 5.46. The number of nitrogens with one attached hydrogen (secondary N) is 1. The molecule has 0 atom stereocenters. The third-order valence-electron chi connectivity index (χ3n) is 2.41. The van der Waals surface area contributed by atoms with Crippen molar-refractivity contribution in [1.29, 1.82) is 0 Å². The normalized spacial score (nSPS) is 10.4. The zero-order chi connectivity index (χ0) is 14.9. The minimum atomic E-state index is -0.160. The number of amides is 2. The Kier molecular flexibility index (Phi) is 4.15. The summed E-state index contributed by atoms with van der Waals surface area (Å²) in [5.41, 5.74) is 1.50. The van der Waals surface area contributed by atoms with E-state index >= 15 is 0 Å². The summed E-state index contributed by atoms with van der Waals surface area (Å²) < 4.78 is 0. The lowest BCUT2D eigenvalue weighted by atomic mass is 10.3. The fourth-order valence-corrected chi connectivity index (χ4v) is 3.38. The van der Waals surface area contributed by atoms with E-state index in [1.807, 2.05) is 12.3 Å². The summed E-state index contributed by atoms with van der Waals surface area (Å²) in [7, 11) is 3.38. The highest BCUT2D eigenvalue weighted by Gasteiger charge is 2.17. The van der Waals surface area contributed by atoms with Gasteiger partial charge in [-0.05, 0) is 6.92 Å². The van der Waals surface area contributed by atoms with Crippen LogP contribution in [0, 0.1) is 6.92 Å².